The molecule has 0 saturated carbocycles. The predicted octanol–water partition coefficient (Wildman–Crippen LogP) is 5.72. The normalized spacial score (nSPS) is 12.4. The Kier molecular flexibility index (Phi) is 5.34. The molecule has 1 unspecified atom stereocenters. The van der Waals surface area contributed by atoms with Crippen molar-refractivity contribution in [2.24, 2.45) is 0 Å². The van der Waals surface area contributed by atoms with E-state index in [1.54, 1.807) is 29.5 Å². The van der Waals surface area contributed by atoms with Crippen LogP contribution < -0.4 is 4.74 Å². The van der Waals surface area contributed by atoms with E-state index in [4.69, 9.17) is 39.5 Å². The number of benzene rings is 1. The molecule has 0 aliphatic carbocycles. The van der Waals surface area contributed by atoms with Crippen LogP contribution in [0.15, 0.2) is 23.6 Å². The second-order valence-corrected chi connectivity index (χ2v) is 5.87. The van der Waals surface area contributed by atoms with Gasteiger partial charge in [0.2, 0.25) is 0 Å². The minimum absolute atomic E-state index is 0.0980. The zero-order valence-electron chi connectivity index (χ0n) is 10.2. The van der Waals surface area contributed by atoms with Gasteiger partial charge in [0.05, 0.1) is 21.6 Å². The molecule has 0 aliphatic rings. The Morgan fingerprint density at radius 1 is 1.32 bits per heavy atom. The van der Waals surface area contributed by atoms with Gasteiger partial charge in [-0.2, -0.15) is 0 Å². The van der Waals surface area contributed by atoms with Crippen molar-refractivity contribution in [1.29, 1.82) is 0 Å². The summed E-state index contributed by atoms with van der Waals surface area (Å²) in [6.45, 7) is 2.05. The van der Waals surface area contributed by atoms with Gasteiger partial charge in [0, 0.05) is 11.4 Å². The van der Waals surface area contributed by atoms with Crippen molar-refractivity contribution in [1.82, 2.24) is 4.98 Å². The molecule has 1 atom stereocenters. The summed E-state index contributed by atoms with van der Waals surface area (Å²) in [5.74, 6) is 1.10. The first-order chi connectivity index (χ1) is 9.13. The summed E-state index contributed by atoms with van der Waals surface area (Å²) in [5, 5.41) is 3.86. The van der Waals surface area contributed by atoms with Gasteiger partial charge in [-0.25, -0.2) is 4.98 Å². The van der Waals surface area contributed by atoms with Gasteiger partial charge in [0.15, 0.2) is 0 Å². The molecule has 0 radical (unpaired) electrons. The van der Waals surface area contributed by atoms with E-state index in [1.165, 1.54) is 0 Å². The van der Waals surface area contributed by atoms with E-state index in [2.05, 4.69) is 4.98 Å². The lowest BCUT2D eigenvalue weighted by atomic mass is 10.3. The zero-order valence-corrected chi connectivity index (χ0v) is 13.3. The van der Waals surface area contributed by atoms with Gasteiger partial charge in [0.1, 0.15) is 16.9 Å². The highest BCUT2D eigenvalue weighted by molar-refractivity contribution is 7.09. The van der Waals surface area contributed by atoms with Gasteiger partial charge >= 0.3 is 0 Å². The first-order valence-electron chi connectivity index (χ1n) is 5.76. The van der Waals surface area contributed by atoms with Crippen LogP contribution in [0.3, 0.4) is 0 Å². The molecule has 2 aromatic rings. The van der Waals surface area contributed by atoms with Crippen molar-refractivity contribution in [2.75, 3.05) is 0 Å². The van der Waals surface area contributed by atoms with E-state index in [0.717, 1.165) is 17.1 Å². The summed E-state index contributed by atoms with van der Waals surface area (Å²) in [7, 11) is 0. The Balaban J connectivity index is 2.16. The highest BCUT2D eigenvalue weighted by atomic mass is 35.5. The molecule has 0 bridgehead atoms. The second-order valence-electron chi connectivity index (χ2n) is 3.90. The van der Waals surface area contributed by atoms with Crippen molar-refractivity contribution in [3.8, 4) is 5.75 Å². The highest BCUT2D eigenvalue weighted by Crippen LogP contribution is 2.31. The number of halogens is 3. The van der Waals surface area contributed by atoms with Crippen molar-refractivity contribution in [3.05, 3.63) is 44.3 Å². The summed E-state index contributed by atoms with van der Waals surface area (Å²) >= 11 is 19.2. The standard InChI is InChI=1S/C13H12Cl3NOS/c1-2-12(13-17-8(6-14)7-19-13)18-9-3-4-10(15)11(16)5-9/h3-5,7,12H,2,6H2,1H3. The molecule has 1 aromatic carbocycles. The largest absolute Gasteiger partial charge is 0.483 e. The maximum Gasteiger partial charge on any atom is 0.150 e. The Morgan fingerprint density at radius 3 is 2.68 bits per heavy atom. The molecule has 0 saturated heterocycles. The molecular weight excluding hydrogens is 325 g/mol. The van der Waals surface area contributed by atoms with Crippen molar-refractivity contribution in [3.63, 3.8) is 0 Å². The number of hydrogen-bond donors (Lipinski definition) is 0. The summed E-state index contributed by atoms with van der Waals surface area (Å²) in [6, 6.07) is 5.23. The lowest BCUT2D eigenvalue weighted by Gasteiger charge is -2.15. The smallest absolute Gasteiger partial charge is 0.150 e. The number of ether oxygens (including phenoxy) is 1. The minimum atomic E-state index is -0.0980. The molecule has 0 amide bonds. The van der Waals surface area contributed by atoms with Crippen LogP contribution in [0.2, 0.25) is 10.0 Å². The molecule has 102 valence electrons. The molecule has 6 heteroatoms. The summed E-state index contributed by atoms with van der Waals surface area (Å²) in [5.41, 5.74) is 0.873. The topological polar surface area (TPSA) is 22.1 Å². The highest BCUT2D eigenvalue weighted by Gasteiger charge is 2.16. The minimum Gasteiger partial charge on any atom is -0.483 e. The zero-order chi connectivity index (χ0) is 13.8. The Bertz CT molecular complexity index is 559. The van der Waals surface area contributed by atoms with E-state index in [-0.39, 0.29) is 6.10 Å². The molecular formula is C13H12Cl3NOS. The summed E-state index contributed by atoms with van der Waals surface area (Å²) in [6.07, 6.45) is 0.717. The van der Waals surface area contributed by atoms with E-state index >= 15 is 0 Å². The van der Waals surface area contributed by atoms with E-state index < -0.39 is 0 Å². The van der Waals surface area contributed by atoms with Gasteiger partial charge in [-0.3, -0.25) is 0 Å². The molecule has 2 nitrogen and oxygen atoms in total. The number of nitrogens with zero attached hydrogens (tertiary/aromatic N) is 1. The number of hydrogen-bond acceptors (Lipinski definition) is 3. The fourth-order valence-corrected chi connectivity index (χ4v) is 3.00. The average molecular weight is 337 g/mol. The van der Waals surface area contributed by atoms with Gasteiger partial charge in [0.25, 0.3) is 0 Å². The molecule has 0 fully saturated rings. The SMILES string of the molecule is CCC(Oc1ccc(Cl)c(Cl)c1)c1nc(CCl)cs1. The molecule has 0 spiro atoms. The first-order valence-corrected chi connectivity index (χ1v) is 7.93. The van der Waals surface area contributed by atoms with Crippen molar-refractivity contribution >= 4 is 46.1 Å². The Hall–Kier alpha value is -0.480. The van der Waals surface area contributed by atoms with E-state index in [1.807, 2.05) is 12.3 Å². The maximum absolute atomic E-state index is 5.97. The van der Waals surface area contributed by atoms with E-state index in [0.29, 0.717) is 21.7 Å². The summed E-state index contributed by atoms with van der Waals surface area (Å²) < 4.78 is 5.91. The molecule has 19 heavy (non-hydrogen) atoms. The van der Waals surface area contributed by atoms with Crippen LogP contribution >= 0.6 is 46.1 Å². The Labute approximate surface area is 131 Å². The van der Waals surface area contributed by atoms with E-state index in [9.17, 15) is 0 Å². The third-order valence-corrected chi connectivity index (χ3v) is 4.52. The van der Waals surface area contributed by atoms with Crippen LogP contribution in [0.5, 0.6) is 5.75 Å². The third kappa shape index (κ3) is 3.76. The number of thiazole rings is 1. The van der Waals surface area contributed by atoms with Crippen LogP contribution in [0, 0.1) is 0 Å². The molecule has 2 rings (SSSR count). The van der Waals surface area contributed by atoms with Gasteiger partial charge in [-0.15, -0.1) is 22.9 Å². The van der Waals surface area contributed by atoms with Crippen LogP contribution in [0.1, 0.15) is 30.2 Å². The molecule has 0 N–H and O–H groups in total. The molecule has 1 heterocycles. The molecule has 1 aromatic heterocycles. The van der Waals surface area contributed by atoms with Gasteiger partial charge in [-0.05, 0) is 18.6 Å². The lowest BCUT2D eigenvalue weighted by Crippen LogP contribution is -2.06. The first kappa shape index (κ1) is 14.9. The molecule has 0 aliphatic heterocycles. The van der Waals surface area contributed by atoms with Crippen LogP contribution in [0.4, 0.5) is 0 Å². The van der Waals surface area contributed by atoms with Crippen LogP contribution in [-0.4, -0.2) is 4.98 Å². The van der Waals surface area contributed by atoms with Crippen molar-refractivity contribution in [2.45, 2.75) is 25.3 Å². The van der Waals surface area contributed by atoms with Crippen LogP contribution in [0.25, 0.3) is 0 Å². The quantitative estimate of drug-likeness (QED) is 0.651. The number of rotatable bonds is 5. The number of aromatic nitrogens is 1. The average Bonchev–Trinajstić information content (AvgIpc) is 2.88. The maximum atomic E-state index is 5.97. The summed E-state index contributed by atoms with van der Waals surface area (Å²) in [4.78, 5) is 4.44. The fraction of sp³-hybridized carbons (Fsp3) is 0.308. The third-order valence-electron chi connectivity index (χ3n) is 2.52. The van der Waals surface area contributed by atoms with Gasteiger partial charge < -0.3 is 4.74 Å². The second kappa shape index (κ2) is 6.80. The lowest BCUT2D eigenvalue weighted by molar-refractivity contribution is 0.200. The van der Waals surface area contributed by atoms with Crippen LogP contribution in [-0.2, 0) is 5.88 Å². The van der Waals surface area contributed by atoms with Gasteiger partial charge in [-0.1, -0.05) is 30.1 Å². The van der Waals surface area contributed by atoms with Crippen molar-refractivity contribution < 1.29 is 4.74 Å². The predicted molar refractivity (Wildman–Crippen MR) is 81.8 cm³/mol. The number of alkyl halides is 1. The fourth-order valence-electron chi connectivity index (χ4n) is 1.55. The Morgan fingerprint density at radius 2 is 2.11 bits per heavy atom. The monoisotopic (exact) mass is 335 g/mol.